The van der Waals surface area contributed by atoms with E-state index in [4.69, 9.17) is 5.26 Å². The maximum atomic E-state index is 13.1. The Bertz CT molecular complexity index is 1300. The van der Waals surface area contributed by atoms with E-state index in [1.807, 2.05) is 6.07 Å². The van der Waals surface area contributed by atoms with Crippen molar-refractivity contribution in [3.63, 3.8) is 0 Å². The number of nitro groups is 1. The van der Waals surface area contributed by atoms with Crippen LogP contribution in [0.4, 0.5) is 5.69 Å². The lowest BCUT2D eigenvalue weighted by molar-refractivity contribution is -0.385. The molecule has 0 saturated heterocycles. The molecule has 2 heterocycles. The molecule has 0 aliphatic carbocycles. The Kier molecular flexibility index (Phi) is 5.53. The first-order valence-corrected chi connectivity index (χ1v) is 10.3. The van der Waals surface area contributed by atoms with Gasteiger partial charge in [-0.2, -0.15) is 28.3 Å². The van der Waals surface area contributed by atoms with Gasteiger partial charge in [0.1, 0.15) is 0 Å². The van der Waals surface area contributed by atoms with E-state index < -0.39 is 14.9 Å². The largest absolute Gasteiger partial charge is 0.279 e. The van der Waals surface area contributed by atoms with Crippen molar-refractivity contribution in [1.29, 1.82) is 5.26 Å². The van der Waals surface area contributed by atoms with Gasteiger partial charge in [0.15, 0.2) is 0 Å². The maximum absolute atomic E-state index is 13.1. The molecule has 10 nitrogen and oxygen atoms in total. The van der Waals surface area contributed by atoms with Crippen molar-refractivity contribution in [3.8, 4) is 6.07 Å². The Hall–Kier alpha value is -3.78. The first-order chi connectivity index (χ1) is 14.1. The molecule has 0 aliphatic rings. The van der Waals surface area contributed by atoms with Gasteiger partial charge in [-0.05, 0) is 23.6 Å². The molecule has 11 heteroatoms. The van der Waals surface area contributed by atoms with Crippen molar-refractivity contribution >= 4 is 27.4 Å². The SMILES string of the molecule is CC(C)c1ccc([N+](=O)[O-])cc1S(=O)(=O)N(C)/N=C\c1cnn2ccc(C#N)cc12. The minimum Gasteiger partial charge on any atom is -0.258 e. The molecule has 0 amide bonds. The fourth-order valence-corrected chi connectivity index (χ4v) is 4.18. The number of benzene rings is 1. The molecule has 3 aromatic rings. The van der Waals surface area contributed by atoms with E-state index in [1.54, 1.807) is 32.2 Å². The van der Waals surface area contributed by atoms with Gasteiger partial charge in [0.2, 0.25) is 0 Å². The molecule has 1 aromatic carbocycles. The van der Waals surface area contributed by atoms with Gasteiger partial charge >= 0.3 is 0 Å². The first-order valence-electron chi connectivity index (χ1n) is 8.84. The molecule has 0 bridgehead atoms. The van der Waals surface area contributed by atoms with Crippen molar-refractivity contribution in [2.75, 3.05) is 7.05 Å². The summed E-state index contributed by atoms with van der Waals surface area (Å²) in [4.78, 5) is 10.3. The minimum absolute atomic E-state index is 0.169. The maximum Gasteiger partial charge on any atom is 0.279 e. The third kappa shape index (κ3) is 3.85. The number of pyridine rings is 1. The normalized spacial score (nSPS) is 11.8. The summed E-state index contributed by atoms with van der Waals surface area (Å²) in [5.41, 5.74) is 1.66. The Labute approximate surface area is 172 Å². The molecule has 0 atom stereocenters. The minimum atomic E-state index is -4.14. The summed E-state index contributed by atoms with van der Waals surface area (Å²) in [5, 5.41) is 28.3. The highest BCUT2D eigenvalue weighted by molar-refractivity contribution is 7.89. The molecule has 0 unspecified atom stereocenters. The van der Waals surface area contributed by atoms with Gasteiger partial charge in [0.05, 0.1) is 39.4 Å². The van der Waals surface area contributed by atoms with Crippen LogP contribution in [0.25, 0.3) is 5.52 Å². The number of rotatable bonds is 6. The highest BCUT2D eigenvalue weighted by Crippen LogP contribution is 2.29. The van der Waals surface area contributed by atoms with Crippen molar-refractivity contribution < 1.29 is 13.3 Å². The van der Waals surface area contributed by atoms with E-state index in [9.17, 15) is 18.5 Å². The van der Waals surface area contributed by atoms with Crippen LogP contribution in [-0.4, -0.2) is 40.6 Å². The Morgan fingerprint density at radius 1 is 1.33 bits per heavy atom. The van der Waals surface area contributed by atoms with Crippen LogP contribution in [0.15, 0.2) is 52.7 Å². The standard InChI is InChI=1S/C19H18N6O4S/c1-13(2)17-5-4-16(25(26)27)9-19(17)30(28,29)23(3)21-11-15-12-22-24-7-6-14(10-20)8-18(15)24/h4-9,11-13H,1-3H3/b21-11-. The van der Waals surface area contributed by atoms with Gasteiger partial charge in [-0.3, -0.25) is 10.1 Å². The lowest BCUT2D eigenvalue weighted by Crippen LogP contribution is -2.23. The van der Waals surface area contributed by atoms with Crippen LogP contribution < -0.4 is 0 Å². The second-order valence-corrected chi connectivity index (χ2v) is 8.69. The Balaban J connectivity index is 2.01. The number of hydrazone groups is 1. The molecule has 154 valence electrons. The molecule has 0 spiro atoms. The molecule has 30 heavy (non-hydrogen) atoms. The lowest BCUT2D eigenvalue weighted by Gasteiger charge is -2.18. The van der Waals surface area contributed by atoms with Gasteiger partial charge in [-0.1, -0.05) is 19.9 Å². The summed E-state index contributed by atoms with van der Waals surface area (Å²) < 4.78 is 28.5. The lowest BCUT2D eigenvalue weighted by atomic mass is 10.0. The summed E-state index contributed by atoms with van der Waals surface area (Å²) in [7, 11) is -2.89. The first kappa shape index (κ1) is 20.9. The van der Waals surface area contributed by atoms with E-state index >= 15 is 0 Å². The van der Waals surface area contributed by atoms with Crippen molar-refractivity contribution in [2.24, 2.45) is 5.10 Å². The second-order valence-electron chi connectivity index (χ2n) is 6.77. The smallest absolute Gasteiger partial charge is 0.258 e. The number of hydrogen-bond donors (Lipinski definition) is 0. The van der Waals surface area contributed by atoms with Gasteiger partial charge < -0.3 is 0 Å². The van der Waals surface area contributed by atoms with Crippen LogP contribution in [0.5, 0.6) is 0 Å². The third-order valence-corrected chi connectivity index (χ3v) is 6.19. The highest BCUT2D eigenvalue weighted by Gasteiger charge is 2.27. The van der Waals surface area contributed by atoms with Crippen LogP contribution in [-0.2, 0) is 10.0 Å². The van der Waals surface area contributed by atoms with Gasteiger partial charge in [-0.15, -0.1) is 0 Å². The average molecular weight is 426 g/mol. The van der Waals surface area contributed by atoms with Crippen LogP contribution in [0.1, 0.15) is 36.5 Å². The van der Waals surface area contributed by atoms with Crippen LogP contribution in [0.3, 0.4) is 0 Å². The number of sulfonamides is 1. The molecule has 0 N–H and O–H groups in total. The molecular formula is C19H18N6O4S. The van der Waals surface area contributed by atoms with E-state index in [0.29, 0.717) is 22.2 Å². The fraction of sp³-hybridized carbons (Fsp3) is 0.211. The summed E-state index contributed by atoms with van der Waals surface area (Å²) in [6, 6.07) is 9.02. The van der Waals surface area contributed by atoms with Gasteiger partial charge in [0.25, 0.3) is 15.7 Å². The van der Waals surface area contributed by atoms with Crippen molar-refractivity contribution in [2.45, 2.75) is 24.7 Å². The van der Waals surface area contributed by atoms with Crippen LogP contribution in [0, 0.1) is 21.4 Å². The van der Waals surface area contributed by atoms with Crippen molar-refractivity contribution in [1.82, 2.24) is 14.0 Å². The molecule has 0 radical (unpaired) electrons. The number of hydrogen-bond acceptors (Lipinski definition) is 7. The zero-order valence-electron chi connectivity index (χ0n) is 16.4. The summed E-state index contributed by atoms with van der Waals surface area (Å²) in [6.07, 6.45) is 4.42. The number of non-ortho nitro benzene ring substituents is 1. The third-order valence-electron chi connectivity index (χ3n) is 4.50. The number of nitrogens with zero attached hydrogens (tertiary/aromatic N) is 6. The van der Waals surface area contributed by atoms with E-state index in [-0.39, 0.29) is 16.5 Å². The predicted octanol–water partition coefficient (Wildman–Crippen LogP) is 2.89. The van der Waals surface area contributed by atoms with Gasteiger partial charge in [-0.25, -0.2) is 4.52 Å². The van der Waals surface area contributed by atoms with E-state index in [1.165, 1.54) is 36.1 Å². The number of fused-ring (bicyclic) bond motifs is 1. The molecule has 0 fully saturated rings. The quantitative estimate of drug-likeness (QED) is 0.338. The Morgan fingerprint density at radius 2 is 2.07 bits per heavy atom. The molecule has 0 saturated carbocycles. The molecular weight excluding hydrogens is 408 g/mol. The zero-order chi connectivity index (χ0) is 22.1. The Morgan fingerprint density at radius 3 is 2.70 bits per heavy atom. The predicted molar refractivity (Wildman–Crippen MR) is 110 cm³/mol. The number of aromatic nitrogens is 2. The van der Waals surface area contributed by atoms with E-state index in [2.05, 4.69) is 10.2 Å². The summed E-state index contributed by atoms with van der Waals surface area (Å²) in [6.45, 7) is 3.60. The molecule has 3 rings (SSSR count). The van der Waals surface area contributed by atoms with Crippen LogP contribution in [0.2, 0.25) is 0 Å². The van der Waals surface area contributed by atoms with Crippen molar-refractivity contribution in [3.05, 3.63) is 69.5 Å². The van der Waals surface area contributed by atoms with E-state index in [0.717, 1.165) is 10.5 Å². The fourth-order valence-electron chi connectivity index (χ4n) is 2.85. The van der Waals surface area contributed by atoms with Crippen LogP contribution >= 0.6 is 0 Å². The van der Waals surface area contributed by atoms with Gasteiger partial charge in [0, 0.05) is 30.9 Å². The topological polar surface area (TPSA) is 134 Å². The summed E-state index contributed by atoms with van der Waals surface area (Å²) in [5.74, 6) is -0.169. The second kappa shape index (κ2) is 7.92. The molecule has 2 aromatic heterocycles. The zero-order valence-corrected chi connectivity index (χ0v) is 17.2. The number of nitriles is 1. The summed E-state index contributed by atoms with van der Waals surface area (Å²) >= 11 is 0. The average Bonchev–Trinajstić information content (AvgIpc) is 3.13. The molecule has 0 aliphatic heterocycles. The highest BCUT2D eigenvalue weighted by atomic mass is 32.2. The monoisotopic (exact) mass is 426 g/mol. The number of nitro benzene ring substituents is 1.